The van der Waals surface area contributed by atoms with Gasteiger partial charge in [0.05, 0.1) is 29.7 Å². The van der Waals surface area contributed by atoms with E-state index >= 15 is 0 Å². The zero-order valence-electron chi connectivity index (χ0n) is 17.2. The summed E-state index contributed by atoms with van der Waals surface area (Å²) in [6.45, 7) is 1.21. The van der Waals surface area contributed by atoms with Gasteiger partial charge >= 0.3 is 5.97 Å². The molecule has 0 radical (unpaired) electrons. The van der Waals surface area contributed by atoms with Gasteiger partial charge in [0.2, 0.25) is 0 Å². The number of piperidine rings is 1. The van der Waals surface area contributed by atoms with Crippen molar-refractivity contribution in [3.05, 3.63) is 53.6 Å². The predicted octanol–water partition coefficient (Wildman–Crippen LogP) is 3.05. The molecule has 0 unspecified atom stereocenters. The third kappa shape index (κ3) is 4.36. The third-order valence-electron chi connectivity index (χ3n) is 5.64. The second-order valence-electron chi connectivity index (χ2n) is 7.62. The van der Waals surface area contributed by atoms with Crippen molar-refractivity contribution in [3.8, 4) is 5.75 Å². The number of rotatable bonds is 4. The summed E-state index contributed by atoms with van der Waals surface area (Å²) in [5.41, 5.74) is 0.871. The Morgan fingerprint density at radius 2 is 1.90 bits per heavy atom. The number of carbonyl (C=O) groups excluding carboxylic acids is 2. The summed E-state index contributed by atoms with van der Waals surface area (Å²) in [6, 6.07) is 10.3. The lowest BCUT2D eigenvalue weighted by Crippen LogP contribution is -2.45. The molecular formula is C22H24N2O6S. The number of anilines is 1. The standard InChI is InChI=1S/C22H24N2O6S/c1-29-22(26)15-5-8-18(9-6-15)31(27,28)23-16-7-10-20-19(14-16)21(25)24-12-3-2-4-17(24)11-13-30-20/h5-10,14,17,23H,2-4,11-13H2,1H3/t17-/m1/s1. The van der Waals surface area contributed by atoms with Crippen molar-refractivity contribution in [1.82, 2.24) is 4.90 Å². The molecule has 1 fully saturated rings. The molecule has 31 heavy (non-hydrogen) atoms. The van der Waals surface area contributed by atoms with E-state index < -0.39 is 16.0 Å². The highest BCUT2D eigenvalue weighted by molar-refractivity contribution is 7.92. The molecule has 2 aromatic rings. The number of esters is 1. The first-order valence-electron chi connectivity index (χ1n) is 10.2. The van der Waals surface area contributed by atoms with Crippen LogP contribution >= 0.6 is 0 Å². The summed E-state index contributed by atoms with van der Waals surface area (Å²) in [4.78, 5) is 26.6. The highest BCUT2D eigenvalue weighted by atomic mass is 32.2. The van der Waals surface area contributed by atoms with E-state index in [-0.39, 0.29) is 28.1 Å². The van der Waals surface area contributed by atoms with E-state index in [4.69, 9.17) is 4.74 Å². The van der Waals surface area contributed by atoms with Gasteiger partial charge in [0.25, 0.3) is 15.9 Å². The largest absolute Gasteiger partial charge is 0.493 e. The molecule has 1 saturated heterocycles. The molecule has 0 saturated carbocycles. The molecule has 164 valence electrons. The van der Waals surface area contributed by atoms with Crippen molar-refractivity contribution in [2.24, 2.45) is 0 Å². The van der Waals surface area contributed by atoms with Crippen molar-refractivity contribution < 1.29 is 27.5 Å². The second-order valence-corrected chi connectivity index (χ2v) is 9.30. The summed E-state index contributed by atoms with van der Waals surface area (Å²) in [6.07, 6.45) is 3.81. The van der Waals surface area contributed by atoms with E-state index in [1.165, 1.54) is 37.4 Å². The Morgan fingerprint density at radius 3 is 2.65 bits per heavy atom. The predicted molar refractivity (Wildman–Crippen MR) is 114 cm³/mol. The Bertz CT molecular complexity index is 1100. The van der Waals surface area contributed by atoms with Gasteiger partial charge in [-0.15, -0.1) is 0 Å². The van der Waals surface area contributed by atoms with Crippen LogP contribution in [0.4, 0.5) is 5.69 Å². The fraction of sp³-hybridized carbons (Fsp3) is 0.364. The van der Waals surface area contributed by atoms with Gasteiger partial charge in [-0.05, 0) is 61.7 Å². The van der Waals surface area contributed by atoms with Crippen molar-refractivity contribution in [3.63, 3.8) is 0 Å². The zero-order valence-corrected chi connectivity index (χ0v) is 18.0. The SMILES string of the molecule is COC(=O)c1ccc(S(=O)(=O)Nc2ccc3c(c2)C(=O)N2CCCC[C@@H]2CCO3)cc1. The smallest absolute Gasteiger partial charge is 0.337 e. The fourth-order valence-electron chi connectivity index (χ4n) is 4.02. The van der Waals surface area contributed by atoms with Crippen LogP contribution in [0.5, 0.6) is 5.75 Å². The Hall–Kier alpha value is -3.07. The number of hydrogen-bond acceptors (Lipinski definition) is 6. The topological polar surface area (TPSA) is 102 Å². The van der Waals surface area contributed by atoms with Gasteiger partial charge in [-0.1, -0.05) is 0 Å². The summed E-state index contributed by atoms with van der Waals surface area (Å²) in [5, 5.41) is 0. The molecule has 2 heterocycles. The van der Waals surface area contributed by atoms with Crippen molar-refractivity contribution in [2.75, 3.05) is 25.0 Å². The third-order valence-corrected chi connectivity index (χ3v) is 7.04. The number of carbonyl (C=O) groups is 2. The highest BCUT2D eigenvalue weighted by Gasteiger charge is 2.31. The van der Waals surface area contributed by atoms with E-state index in [9.17, 15) is 18.0 Å². The van der Waals surface area contributed by atoms with Crippen LogP contribution in [-0.2, 0) is 14.8 Å². The van der Waals surface area contributed by atoms with Crippen molar-refractivity contribution in [2.45, 2.75) is 36.6 Å². The van der Waals surface area contributed by atoms with Gasteiger partial charge < -0.3 is 14.4 Å². The lowest BCUT2D eigenvalue weighted by atomic mass is 9.97. The van der Waals surface area contributed by atoms with E-state index in [0.29, 0.717) is 24.5 Å². The molecule has 0 aliphatic carbocycles. The van der Waals surface area contributed by atoms with Crippen LogP contribution in [0.3, 0.4) is 0 Å². The number of fused-ring (bicyclic) bond motifs is 2. The van der Waals surface area contributed by atoms with E-state index in [1.54, 1.807) is 12.1 Å². The number of nitrogens with one attached hydrogen (secondary N) is 1. The Labute approximate surface area is 181 Å². The first kappa shape index (κ1) is 21.2. The quantitative estimate of drug-likeness (QED) is 0.728. The number of ether oxygens (including phenoxy) is 2. The molecule has 1 atom stereocenters. The Kier molecular flexibility index (Phi) is 5.86. The van der Waals surface area contributed by atoms with Crippen LogP contribution < -0.4 is 9.46 Å². The van der Waals surface area contributed by atoms with Crippen LogP contribution in [0.15, 0.2) is 47.4 Å². The minimum Gasteiger partial charge on any atom is -0.493 e. The lowest BCUT2D eigenvalue weighted by molar-refractivity contribution is 0.0547. The van der Waals surface area contributed by atoms with E-state index in [2.05, 4.69) is 9.46 Å². The molecular weight excluding hydrogens is 420 g/mol. The number of sulfonamides is 1. The van der Waals surface area contributed by atoms with Crippen LogP contribution in [0.1, 0.15) is 46.4 Å². The molecule has 1 N–H and O–H groups in total. The van der Waals surface area contributed by atoms with Crippen molar-refractivity contribution >= 4 is 27.6 Å². The number of amides is 1. The molecule has 0 spiro atoms. The van der Waals surface area contributed by atoms with Gasteiger partial charge in [0.1, 0.15) is 5.75 Å². The maximum absolute atomic E-state index is 13.2. The number of hydrogen-bond donors (Lipinski definition) is 1. The molecule has 8 nitrogen and oxygen atoms in total. The summed E-state index contributed by atoms with van der Waals surface area (Å²) >= 11 is 0. The molecule has 9 heteroatoms. The van der Waals surface area contributed by atoms with Crippen molar-refractivity contribution in [1.29, 1.82) is 0 Å². The summed E-state index contributed by atoms with van der Waals surface area (Å²) in [5.74, 6) is -0.226. The average Bonchev–Trinajstić information content (AvgIpc) is 2.78. The average molecular weight is 445 g/mol. The maximum Gasteiger partial charge on any atom is 0.337 e. The van der Waals surface area contributed by atoms with Gasteiger partial charge in [-0.25, -0.2) is 13.2 Å². The molecule has 4 rings (SSSR count). The maximum atomic E-state index is 13.2. The van der Waals surface area contributed by atoms with Crippen LogP contribution in [0.2, 0.25) is 0 Å². The van der Waals surface area contributed by atoms with Gasteiger partial charge in [-0.3, -0.25) is 9.52 Å². The summed E-state index contributed by atoms with van der Waals surface area (Å²) in [7, 11) is -2.66. The van der Waals surface area contributed by atoms with Gasteiger partial charge in [0, 0.05) is 24.7 Å². The zero-order chi connectivity index (χ0) is 22.0. The minimum absolute atomic E-state index is 0.00873. The minimum atomic E-state index is -3.91. The van der Waals surface area contributed by atoms with E-state index in [0.717, 1.165) is 25.7 Å². The Balaban J connectivity index is 1.59. The highest BCUT2D eigenvalue weighted by Crippen LogP contribution is 2.31. The fourth-order valence-corrected chi connectivity index (χ4v) is 5.07. The lowest BCUT2D eigenvalue weighted by Gasteiger charge is -2.37. The molecule has 1 amide bonds. The van der Waals surface area contributed by atoms with Crippen LogP contribution in [-0.4, -0.2) is 51.5 Å². The molecule has 2 aliphatic heterocycles. The molecule has 0 aromatic heterocycles. The van der Waals surface area contributed by atoms with Crippen LogP contribution in [0, 0.1) is 0 Å². The normalized spacial score (nSPS) is 18.7. The second kappa shape index (κ2) is 8.58. The molecule has 2 aliphatic rings. The molecule has 0 bridgehead atoms. The van der Waals surface area contributed by atoms with E-state index in [1.807, 2.05) is 4.90 Å². The first-order chi connectivity index (χ1) is 14.9. The number of benzene rings is 2. The first-order valence-corrected chi connectivity index (χ1v) is 11.7. The summed E-state index contributed by atoms with van der Waals surface area (Å²) < 4.78 is 38.5. The monoisotopic (exact) mass is 444 g/mol. The number of methoxy groups -OCH3 is 1. The molecule has 2 aromatic carbocycles. The Morgan fingerprint density at radius 1 is 1.13 bits per heavy atom. The number of nitrogens with zero attached hydrogens (tertiary/aromatic N) is 1. The van der Waals surface area contributed by atoms with Crippen LogP contribution in [0.25, 0.3) is 0 Å². The van der Waals surface area contributed by atoms with Gasteiger partial charge in [0.15, 0.2) is 0 Å². The van der Waals surface area contributed by atoms with Gasteiger partial charge in [-0.2, -0.15) is 0 Å².